The zero-order chi connectivity index (χ0) is 20.6. The number of carbonyl (C=O) groups is 3. The Morgan fingerprint density at radius 2 is 1.86 bits per heavy atom. The van der Waals surface area contributed by atoms with E-state index in [1.807, 2.05) is 48.9 Å². The Bertz CT molecular complexity index is 960. The fourth-order valence-corrected chi connectivity index (χ4v) is 4.28. The number of nitrogens with zero attached hydrogens (tertiary/aromatic N) is 3. The van der Waals surface area contributed by atoms with Gasteiger partial charge in [-0.05, 0) is 38.8 Å². The van der Waals surface area contributed by atoms with E-state index in [0.717, 1.165) is 40.4 Å². The van der Waals surface area contributed by atoms with E-state index in [9.17, 15) is 14.4 Å². The van der Waals surface area contributed by atoms with Crippen LogP contribution in [0.1, 0.15) is 42.6 Å². The second-order valence-electron chi connectivity index (χ2n) is 7.78. The van der Waals surface area contributed by atoms with Gasteiger partial charge in [0.2, 0.25) is 5.91 Å². The molecule has 29 heavy (non-hydrogen) atoms. The van der Waals surface area contributed by atoms with Crippen LogP contribution in [0.3, 0.4) is 0 Å². The molecule has 4 amide bonds. The van der Waals surface area contributed by atoms with Gasteiger partial charge in [0, 0.05) is 17.8 Å². The van der Waals surface area contributed by atoms with E-state index in [4.69, 9.17) is 0 Å². The summed E-state index contributed by atoms with van der Waals surface area (Å²) in [6.45, 7) is 3.88. The van der Waals surface area contributed by atoms with Gasteiger partial charge >= 0.3 is 6.03 Å². The fourth-order valence-electron chi connectivity index (χ4n) is 4.28. The molecule has 2 aromatic rings. The average Bonchev–Trinajstić information content (AvgIpc) is 3.35. The quantitative estimate of drug-likeness (QED) is 0.757. The smallest absolute Gasteiger partial charge is 0.325 e. The highest BCUT2D eigenvalue weighted by molar-refractivity contribution is 6.09. The fraction of sp³-hybridized carbons (Fsp3) is 0.429. The van der Waals surface area contributed by atoms with Gasteiger partial charge in [-0.15, -0.1) is 0 Å². The van der Waals surface area contributed by atoms with Crippen LogP contribution in [-0.4, -0.2) is 44.6 Å². The number of benzene rings is 1. The second kappa shape index (κ2) is 7.35. The van der Waals surface area contributed by atoms with Crippen LogP contribution in [0.5, 0.6) is 0 Å². The van der Waals surface area contributed by atoms with Crippen molar-refractivity contribution >= 4 is 17.8 Å². The lowest BCUT2D eigenvalue weighted by Crippen LogP contribution is -2.45. The summed E-state index contributed by atoms with van der Waals surface area (Å²) in [5, 5.41) is 10.2. The molecule has 2 fully saturated rings. The van der Waals surface area contributed by atoms with Crippen LogP contribution in [0, 0.1) is 13.8 Å². The average molecular weight is 395 g/mol. The minimum atomic E-state index is -0.790. The number of rotatable bonds is 5. The molecule has 0 unspecified atom stereocenters. The molecule has 1 spiro atoms. The topological polar surface area (TPSA) is 96.3 Å². The van der Waals surface area contributed by atoms with Gasteiger partial charge in [-0.1, -0.05) is 31.0 Å². The van der Waals surface area contributed by atoms with Gasteiger partial charge in [0.05, 0.1) is 11.4 Å². The molecule has 2 heterocycles. The first-order valence-electron chi connectivity index (χ1n) is 9.93. The third kappa shape index (κ3) is 3.39. The number of nitrogens with one attached hydrogen (secondary N) is 2. The third-order valence-electron chi connectivity index (χ3n) is 5.91. The van der Waals surface area contributed by atoms with Crippen molar-refractivity contribution in [3.05, 3.63) is 47.3 Å². The maximum atomic E-state index is 12.7. The Morgan fingerprint density at radius 3 is 2.55 bits per heavy atom. The van der Waals surface area contributed by atoms with Gasteiger partial charge in [-0.2, -0.15) is 5.10 Å². The van der Waals surface area contributed by atoms with Crippen molar-refractivity contribution in [3.8, 4) is 5.69 Å². The summed E-state index contributed by atoms with van der Waals surface area (Å²) < 4.78 is 1.85. The monoisotopic (exact) mass is 395 g/mol. The normalized spacial score (nSPS) is 17.8. The molecule has 1 aliphatic heterocycles. The Balaban J connectivity index is 1.41. The van der Waals surface area contributed by atoms with Crippen LogP contribution < -0.4 is 10.6 Å². The number of imide groups is 1. The summed E-state index contributed by atoms with van der Waals surface area (Å²) in [5.41, 5.74) is 2.85. The number of aryl methyl sites for hydroxylation is 1. The maximum absolute atomic E-state index is 12.7. The Labute approximate surface area is 169 Å². The lowest BCUT2D eigenvalue weighted by molar-refractivity contribution is -0.134. The first kappa shape index (κ1) is 19.2. The molecule has 2 aliphatic rings. The van der Waals surface area contributed by atoms with Crippen LogP contribution in [-0.2, 0) is 16.1 Å². The van der Waals surface area contributed by atoms with E-state index in [-0.39, 0.29) is 24.9 Å². The molecule has 0 atom stereocenters. The van der Waals surface area contributed by atoms with Crippen molar-refractivity contribution < 1.29 is 14.4 Å². The summed E-state index contributed by atoms with van der Waals surface area (Å²) in [7, 11) is 0. The molecule has 1 aliphatic carbocycles. The van der Waals surface area contributed by atoms with E-state index in [0.29, 0.717) is 12.8 Å². The Kier molecular flexibility index (Phi) is 4.86. The number of hydrogen-bond donors (Lipinski definition) is 2. The van der Waals surface area contributed by atoms with E-state index < -0.39 is 11.6 Å². The van der Waals surface area contributed by atoms with Gasteiger partial charge in [-0.3, -0.25) is 14.5 Å². The van der Waals surface area contributed by atoms with Gasteiger partial charge in [0.15, 0.2) is 0 Å². The van der Waals surface area contributed by atoms with Crippen LogP contribution in [0.4, 0.5) is 4.79 Å². The Morgan fingerprint density at radius 1 is 1.17 bits per heavy atom. The molecule has 1 aromatic heterocycles. The largest absolute Gasteiger partial charge is 0.350 e. The van der Waals surface area contributed by atoms with Gasteiger partial charge < -0.3 is 10.6 Å². The summed E-state index contributed by atoms with van der Waals surface area (Å²) in [4.78, 5) is 38.4. The second-order valence-corrected chi connectivity index (χ2v) is 7.78. The predicted molar refractivity (Wildman–Crippen MR) is 106 cm³/mol. The van der Waals surface area contributed by atoms with Crippen LogP contribution in [0.25, 0.3) is 5.69 Å². The minimum Gasteiger partial charge on any atom is -0.350 e. The molecule has 1 saturated heterocycles. The zero-order valence-electron chi connectivity index (χ0n) is 16.7. The Hall–Kier alpha value is -3.16. The van der Waals surface area contributed by atoms with Crippen molar-refractivity contribution in [1.29, 1.82) is 0 Å². The molecule has 0 bridgehead atoms. The van der Waals surface area contributed by atoms with Gasteiger partial charge in [0.25, 0.3) is 5.91 Å². The number of hydrogen-bond acceptors (Lipinski definition) is 4. The number of carbonyl (C=O) groups excluding carboxylic acids is 3. The van der Waals surface area contributed by atoms with Crippen LogP contribution >= 0.6 is 0 Å². The number of para-hydroxylation sites is 1. The number of aromatic nitrogens is 2. The summed E-state index contributed by atoms with van der Waals surface area (Å²) in [6.07, 6.45) is 3.12. The molecule has 8 heteroatoms. The summed E-state index contributed by atoms with van der Waals surface area (Å²) >= 11 is 0. The standard InChI is InChI=1S/C21H25N5O3/c1-14-17(15(2)26(24-14)16-8-4-3-5-9-16)12-22-18(27)13-25-19(28)21(23-20(25)29)10-6-7-11-21/h3-5,8-9H,6-7,10-13H2,1-2H3,(H,22,27)(H,23,29). The molecule has 4 rings (SSSR count). The van der Waals surface area contributed by atoms with Crippen molar-refractivity contribution in [3.63, 3.8) is 0 Å². The predicted octanol–water partition coefficient (Wildman–Crippen LogP) is 1.97. The number of urea groups is 1. The van der Waals surface area contributed by atoms with Crippen molar-refractivity contribution in [2.24, 2.45) is 0 Å². The molecular weight excluding hydrogens is 370 g/mol. The van der Waals surface area contributed by atoms with Crippen molar-refractivity contribution in [2.45, 2.75) is 51.6 Å². The van der Waals surface area contributed by atoms with Gasteiger partial charge in [0.1, 0.15) is 12.1 Å². The lowest BCUT2D eigenvalue weighted by Gasteiger charge is -2.19. The van der Waals surface area contributed by atoms with Crippen LogP contribution in [0.2, 0.25) is 0 Å². The minimum absolute atomic E-state index is 0.267. The summed E-state index contributed by atoms with van der Waals surface area (Å²) in [5.74, 6) is -0.644. The molecule has 2 N–H and O–H groups in total. The maximum Gasteiger partial charge on any atom is 0.325 e. The molecule has 1 aromatic carbocycles. The molecule has 0 radical (unpaired) electrons. The molecule has 152 valence electrons. The first-order chi connectivity index (χ1) is 13.9. The van der Waals surface area contributed by atoms with E-state index in [1.165, 1.54) is 0 Å². The third-order valence-corrected chi connectivity index (χ3v) is 5.91. The highest BCUT2D eigenvalue weighted by atomic mass is 16.2. The summed E-state index contributed by atoms with van der Waals surface area (Å²) in [6, 6.07) is 9.31. The number of amides is 4. The SMILES string of the molecule is Cc1nn(-c2ccccc2)c(C)c1CNC(=O)CN1C(=O)NC2(CCCC2)C1=O. The highest BCUT2D eigenvalue weighted by Gasteiger charge is 2.52. The van der Waals surface area contributed by atoms with Crippen LogP contribution in [0.15, 0.2) is 30.3 Å². The zero-order valence-corrected chi connectivity index (χ0v) is 16.7. The van der Waals surface area contributed by atoms with Crippen molar-refractivity contribution in [1.82, 2.24) is 25.3 Å². The van der Waals surface area contributed by atoms with E-state index in [2.05, 4.69) is 15.7 Å². The van der Waals surface area contributed by atoms with Gasteiger partial charge in [-0.25, -0.2) is 9.48 Å². The van der Waals surface area contributed by atoms with Crippen molar-refractivity contribution in [2.75, 3.05) is 6.54 Å². The first-order valence-corrected chi connectivity index (χ1v) is 9.93. The highest BCUT2D eigenvalue weighted by Crippen LogP contribution is 2.34. The molecular formula is C21H25N5O3. The molecule has 1 saturated carbocycles. The van der Waals surface area contributed by atoms with E-state index in [1.54, 1.807) is 0 Å². The lowest BCUT2D eigenvalue weighted by atomic mass is 9.98. The molecule has 8 nitrogen and oxygen atoms in total. The van der Waals surface area contributed by atoms with E-state index >= 15 is 0 Å².